The Morgan fingerprint density at radius 3 is 2.26 bits per heavy atom. The number of carbonyl (C=O) groups is 2. The van der Waals surface area contributed by atoms with E-state index >= 15 is 0 Å². The number of aromatic amines is 1. The molecule has 0 spiro atoms. The first-order valence-corrected chi connectivity index (χ1v) is 10.8. The second-order valence-corrected chi connectivity index (χ2v) is 7.56. The Bertz CT molecular complexity index is 1390. The van der Waals surface area contributed by atoms with Crippen molar-refractivity contribution in [2.75, 3.05) is 26.6 Å². The second-order valence-electron chi connectivity index (χ2n) is 7.56. The number of rotatable bonds is 8. The molecule has 0 aliphatic heterocycles. The summed E-state index contributed by atoms with van der Waals surface area (Å²) in [6.45, 7) is 0. The van der Waals surface area contributed by atoms with E-state index in [9.17, 15) is 9.59 Å². The Hall–Kier alpha value is -4.72. The lowest BCUT2D eigenvalue weighted by atomic mass is 10.1. The van der Waals surface area contributed by atoms with Gasteiger partial charge in [0, 0.05) is 34.6 Å². The molecule has 3 N–H and O–H groups in total. The Balaban J connectivity index is 1.72. The van der Waals surface area contributed by atoms with Crippen molar-refractivity contribution in [2.45, 2.75) is 0 Å². The number of benzene rings is 3. The average Bonchev–Trinajstić information content (AvgIpc) is 3.36. The van der Waals surface area contributed by atoms with Gasteiger partial charge in [0.25, 0.3) is 11.8 Å². The molecule has 0 saturated heterocycles. The maximum absolute atomic E-state index is 13.3. The van der Waals surface area contributed by atoms with Crippen molar-refractivity contribution >= 4 is 34.5 Å². The Morgan fingerprint density at radius 2 is 1.54 bits per heavy atom. The van der Waals surface area contributed by atoms with Crippen LogP contribution in [0.3, 0.4) is 0 Å². The number of ether oxygens (including phenoxy) is 3. The van der Waals surface area contributed by atoms with Crippen LogP contribution in [-0.2, 0) is 4.79 Å². The Morgan fingerprint density at radius 1 is 0.829 bits per heavy atom. The van der Waals surface area contributed by atoms with Gasteiger partial charge in [0.2, 0.25) is 0 Å². The molecule has 35 heavy (non-hydrogen) atoms. The molecule has 1 aromatic heterocycles. The number of anilines is 1. The summed E-state index contributed by atoms with van der Waals surface area (Å²) in [7, 11) is 4.54. The largest absolute Gasteiger partial charge is 0.496 e. The van der Waals surface area contributed by atoms with Gasteiger partial charge < -0.3 is 29.8 Å². The van der Waals surface area contributed by atoms with Gasteiger partial charge in [-0.1, -0.05) is 24.3 Å². The van der Waals surface area contributed by atoms with E-state index in [4.69, 9.17) is 14.2 Å². The maximum atomic E-state index is 13.3. The first-order chi connectivity index (χ1) is 17.0. The van der Waals surface area contributed by atoms with Gasteiger partial charge in [0.05, 0.1) is 21.3 Å². The highest BCUT2D eigenvalue weighted by atomic mass is 16.5. The zero-order valence-electron chi connectivity index (χ0n) is 19.5. The summed E-state index contributed by atoms with van der Waals surface area (Å²) in [5.74, 6) is 0.434. The molecule has 0 aliphatic rings. The van der Waals surface area contributed by atoms with Crippen LogP contribution in [-0.4, -0.2) is 38.1 Å². The molecule has 0 unspecified atom stereocenters. The van der Waals surface area contributed by atoms with Crippen molar-refractivity contribution in [3.63, 3.8) is 0 Å². The van der Waals surface area contributed by atoms with Gasteiger partial charge in [-0.25, -0.2) is 0 Å². The molecule has 0 atom stereocenters. The van der Waals surface area contributed by atoms with Crippen LogP contribution >= 0.6 is 0 Å². The summed E-state index contributed by atoms with van der Waals surface area (Å²) in [5, 5.41) is 6.60. The molecule has 0 radical (unpaired) electrons. The minimum absolute atomic E-state index is 0.0240. The summed E-state index contributed by atoms with van der Waals surface area (Å²) in [4.78, 5) is 29.4. The van der Waals surface area contributed by atoms with Gasteiger partial charge >= 0.3 is 0 Å². The lowest BCUT2D eigenvalue weighted by Gasteiger charge is -2.15. The van der Waals surface area contributed by atoms with Crippen LogP contribution in [0.25, 0.3) is 17.0 Å². The number of aromatic nitrogens is 1. The van der Waals surface area contributed by atoms with Crippen molar-refractivity contribution < 1.29 is 23.8 Å². The summed E-state index contributed by atoms with van der Waals surface area (Å²) < 4.78 is 16.2. The van der Waals surface area contributed by atoms with Gasteiger partial charge in [-0.2, -0.15) is 0 Å². The van der Waals surface area contributed by atoms with Crippen LogP contribution in [0.15, 0.2) is 78.6 Å². The van der Waals surface area contributed by atoms with Crippen molar-refractivity contribution in [3.8, 4) is 17.2 Å². The lowest BCUT2D eigenvalue weighted by Crippen LogP contribution is -2.30. The predicted molar refractivity (Wildman–Crippen MR) is 135 cm³/mol. The molecule has 0 aliphatic carbocycles. The Kier molecular flexibility index (Phi) is 7.02. The highest BCUT2D eigenvalue weighted by Crippen LogP contribution is 2.35. The molecule has 4 rings (SSSR count). The van der Waals surface area contributed by atoms with E-state index in [1.165, 1.54) is 27.4 Å². The summed E-state index contributed by atoms with van der Waals surface area (Å²) in [6.07, 6.45) is 3.36. The molecule has 3 aromatic carbocycles. The molecule has 1 heterocycles. The van der Waals surface area contributed by atoms with Crippen LogP contribution in [0.1, 0.15) is 15.9 Å². The number of amides is 2. The first kappa shape index (κ1) is 23.4. The van der Waals surface area contributed by atoms with Crippen molar-refractivity contribution in [2.24, 2.45) is 0 Å². The highest BCUT2D eigenvalue weighted by Gasteiger charge is 2.18. The second kappa shape index (κ2) is 10.5. The number of H-pyrrole nitrogens is 1. The molecule has 8 heteroatoms. The van der Waals surface area contributed by atoms with Crippen molar-refractivity contribution in [3.05, 3.63) is 89.8 Å². The van der Waals surface area contributed by atoms with Crippen molar-refractivity contribution in [1.82, 2.24) is 10.3 Å². The van der Waals surface area contributed by atoms with Gasteiger partial charge in [0.1, 0.15) is 11.4 Å². The smallest absolute Gasteiger partial charge is 0.272 e. The zero-order valence-corrected chi connectivity index (χ0v) is 19.5. The number of fused-ring (bicyclic) bond motifs is 1. The van der Waals surface area contributed by atoms with E-state index in [-0.39, 0.29) is 5.70 Å². The fourth-order valence-corrected chi connectivity index (χ4v) is 3.59. The van der Waals surface area contributed by atoms with Crippen molar-refractivity contribution in [1.29, 1.82) is 0 Å². The first-order valence-electron chi connectivity index (χ1n) is 10.8. The van der Waals surface area contributed by atoms with Crippen LogP contribution in [0.2, 0.25) is 0 Å². The van der Waals surface area contributed by atoms with Crippen LogP contribution in [0.4, 0.5) is 5.69 Å². The minimum Gasteiger partial charge on any atom is -0.496 e. The number of carbonyl (C=O) groups excluding carboxylic acids is 2. The maximum Gasteiger partial charge on any atom is 0.272 e. The van der Waals surface area contributed by atoms with E-state index in [0.717, 1.165) is 10.9 Å². The molecule has 8 nitrogen and oxygen atoms in total. The minimum atomic E-state index is -0.503. The van der Waals surface area contributed by atoms with E-state index in [0.29, 0.717) is 34.1 Å². The molecule has 178 valence electrons. The summed E-state index contributed by atoms with van der Waals surface area (Å²) in [5.41, 5.74) is 2.41. The molecule has 2 amide bonds. The number of hydrogen-bond acceptors (Lipinski definition) is 5. The van der Waals surface area contributed by atoms with Gasteiger partial charge in [-0.3, -0.25) is 9.59 Å². The normalized spacial score (nSPS) is 11.1. The molecule has 0 saturated carbocycles. The number of methoxy groups -OCH3 is 3. The topological polar surface area (TPSA) is 102 Å². The van der Waals surface area contributed by atoms with E-state index < -0.39 is 11.8 Å². The third kappa shape index (κ3) is 5.27. The molecule has 0 bridgehead atoms. The fourth-order valence-electron chi connectivity index (χ4n) is 3.59. The van der Waals surface area contributed by atoms with Crippen LogP contribution in [0.5, 0.6) is 17.2 Å². The van der Waals surface area contributed by atoms with E-state index in [2.05, 4.69) is 15.6 Å². The average molecular weight is 472 g/mol. The molecular weight excluding hydrogens is 446 g/mol. The highest BCUT2D eigenvalue weighted by molar-refractivity contribution is 6.11. The lowest BCUT2D eigenvalue weighted by molar-refractivity contribution is -0.113. The third-order valence-electron chi connectivity index (χ3n) is 5.38. The van der Waals surface area contributed by atoms with Gasteiger partial charge in [-0.05, 0) is 47.9 Å². The van der Waals surface area contributed by atoms with Gasteiger partial charge in [0.15, 0.2) is 11.5 Å². The number of nitrogens with one attached hydrogen (secondary N) is 3. The fraction of sp³-hybridized carbons (Fsp3) is 0.111. The molecule has 4 aromatic rings. The van der Waals surface area contributed by atoms with Gasteiger partial charge in [-0.15, -0.1) is 0 Å². The molecule has 0 fully saturated rings. The summed E-state index contributed by atoms with van der Waals surface area (Å²) in [6, 6.07) is 19.4. The third-order valence-corrected chi connectivity index (χ3v) is 5.38. The standard InChI is InChI=1S/C27H25N3O5/c1-33-23-16-25(35-3)24(34-2)14-19(23)13-22(30-26(31)18-7-5-4-6-8-18)27(32)29-20-10-9-17-11-12-28-21(17)15-20/h4-16,28H,1-3H3,(H,29,32)(H,30,31)/b22-13+. The summed E-state index contributed by atoms with van der Waals surface area (Å²) >= 11 is 0. The SMILES string of the molecule is COc1cc(OC)c(OC)cc1/C=C(/NC(=O)c1ccccc1)C(=O)Nc1ccc2cc[nH]c2c1. The quantitative estimate of drug-likeness (QED) is 0.326. The van der Waals surface area contributed by atoms with E-state index in [1.807, 2.05) is 30.5 Å². The zero-order chi connectivity index (χ0) is 24.8. The monoisotopic (exact) mass is 471 g/mol. The van der Waals surface area contributed by atoms with Crippen LogP contribution < -0.4 is 24.8 Å². The van der Waals surface area contributed by atoms with E-state index in [1.54, 1.807) is 42.5 Å². The molecular formula is C27H25N3O5. The predicted octanol–water partition coefficient (Wildman–Crippen LogP) is 4.60. The number of hydrogen-bond donors (Lipinski definition) is 3. The Labute approximate surface area is 202 Å². The van der Waals surface area contributed by atoms with Crippen LogP contribution in [0, 0.1) is 0 Å².